The summed E-state index contributed by atoms with van der Waals surface area (Å²) < 4.78 is 0. The first-order valence-corrected chi connectivity index (χ1v) is 12.3. The number of hydrogen-bond donors (Lipinski definition) is 0. The molecule has 0 aromatic heterocycles. The van der Waals surface area contributed by atoms with Crippen LogP contribution in [0, 0.1) is 0 Å². The van der Waals surface area contributed by atoms with Crippen LogP contribution in [0.5, 0.6) is 0 Å². The van der Waals surface area contributed by atoms with Gasteiger partial charge in [-0.25, -0.2) is 0 Å². The van der Waals surface area contributed by atoms with Crippen LogP contribution in [0.15, 0.2) is 20.5 Å². The fourth-order valence-corrected chi connectivity index (χ4v) is 3.96. The van der Waals surface area contributed by atoms with Crippen LogP contribution in [0.3, 0.4) is 0 Å². The van der Waals surface area contributed by atoms with E-state index in [2.05, 4.69) is 27.4 Å². The zero-order valence-electron chi connectivity index (χ0n) is 15.9. The average Bonchev–Trinajstić information content (AvgIpc) is 2.60. The molecule has 0 aromatic rings. The third-order valence-electron chi connectivity index (χ3n) is 3.59. The van der Waals surface area contributed by atoms with Crippen molar-refractivity contribution < 1.29 is 0 Å². The average molecular weight is 375 g/mol. The van der Waals surface area contributed by atoms with Gasteiger partial charge >= 0.3 is 0 Å². The van der Waals surface area contributed by atoms with E-state index in [0.29, 0.717) is 0 Å². The van der Waals surface area contributed by atoms with E-state index in [0.717, 1.165) is 37.7 Å². The molecule has 0 spiro atoms. The maximum absolute atomic E-state index is 4.27. The van der Waals surface area contributed by atoms with E-state index in [1.807, 2.05) is 28.5 Å². The number of nitrogens with zero attached hydrogens (tertiary/aromatic N) is 4. The number of hydrogen-bond acceptors (Lipinski definition) is 6. The molecule has 24 heavy (non-hydrogen) atoms. The molecule has 0 aliphatic heterocycles. The second kappa shape index (κ2) is 22.9. The molecule has 0 saturated carbocycles. The zero-order valence-corrected chi connectivity index (χ0v) is 17.6. The minimum atomic E-state index is 0.789. The van der Waals surface area contributed by atoms with E-state index in [1.165, 1.54) is 64.2 Å². The molecule has 0 heterocycles. The van der Waals surface area contributed by atoms with Crippen molar-refractivity contribution in [2.75, 3.05) is 37.7 Å². The summed E-state index contributed by atoms with van der Waals surface area (Å²) in [6.07, 6.45) is 13.7. The molecule has 0 fully saturated rings. The zero-order chi connectivity index (χ0) is 17.6. The summed E-state index contributed by atoms with van der Waals surface area (Å²) in [4.78, 5) is 0. The molecule has 0 aliphatic rings. The maximum atomic E-state index is 4.27. The largest absolute Gasteiger partial charge is 0.194 e. The predicted molar refractivity (Wildman–Crippen MR) is 112 cm³/mol. The lowest BCUT2D eigenvalue weighted by atomic mass is 10.1. The van der Waals surface area contributed by atoms with Crippen molar-refractivity contribution in [3.63, 3.8) is 0 Å². The van der Waals surface area contributed by atoms with Crippen LogP contribution in [0.25, 0.3) is 0 Å². The summed E-state index contributed by atoms with van der Waals surface area (Å²) in [5, 5.41) is 16.5. The first kappa shape index (κ1) is 23.9. The van der Waals surface area contributed by atoms with Crippen LogP contribution in [-0.4, -0.2) is 37.7 Å². The second-order valence-corrected chi connectivity index (χ2v) is 8.58. The minimum absolute atomic E-state index is 0.789. The van der Waals surface area contributed by atoms with E-state index in [4.69, 9.17) is 0 Å². The summed E-state index contributed by atoms with van der Waals surface area (Å²) in [5.74, 6) is 2.07. The molecule has 4 nitrogen and oxygen atoms in total. The molecule has 0 aromatic carbocycles. The van der Waals surface area contributed by atoms with Gasteiger partial charge in [0.15, 0.2) is 0 Å². The molecular weight excluding hydrogens is 336 g/mol. The Morgan fingerprint density at radius 2 is 0.958 bits per heavy atom. The summed E-state index contributed by atoms with van der Waals surface area (Å²) in [6, 6.07) is 0. The van der Waals surface area contributed by atoms with Crippen molar-refractivity contribution in [2.45, 2.75) is 78.1 Å². The highest BCUT2D eigenvalue weighted by Crippen LogP contribution is 2.20. The van der Waals surface area contributed by atoms with Gasteiger partial charge in [-0.05, 0) is 13.3 Å². The number of unbranched alkanes of at least 4 members (excludes halogenated alkanes) is 9. The Morgan fingerprint density at radius 1 is 0.500 bits per heavy atom. The lowest BCUT2D eigenvalue weighted by molar-refractivity contribution is 0.556. The van der Waals surface area contributed by atoms with Crippen molar-refractivity contribution in [1.82, 2.24) is 0 Å². The normalized spacial score (nSPS) is 11.9. The second-order valence-electron chi connectivity index (χ2n) is 5.88. The SMILES string of the molecule is CCCCCCCCCCCC/N=N/CCSSCC/N=N/CC. The van der Waals surface area contributed by atoms with Crippen molar-refractivity contribution >= 4 is 21.6 Å². The highest BCUT2D eigenvalue weighted by Gasteiger charge is 1.93. The molecule has 142 valence electrons. The Labute approximate surface area is 157 Å². The van der Waals surface area contributed by atoms with E-state index in [1.54, 1.807) is 0 Å². The topological polar surface area (TPSA) is 49.4 Å². The quantitative estimate of drug-likeness (QED) is 0.136. The maximum Gasteiger partial charge on any atom is 0.0697 e. The lowest BCUT2D eigenvalue weighted by Gasteiger charge is -2.01. The van der Waals surface area contributed by atoms with Gasteiger partial charge in [0.05, 0.1) is 26.2 Å². The van der Waals surface area contributed by atoms with Crippen molar-refractivity contribution in [3.05, 3.63) is 0 Å². The number of rotatable bonds is 19. The van der Waals surface area contributed by atoms with Gasteiger partial charge < -0.3 is 0 Å². The van der Waals surface area contributed by atoms with Crippen molar-refractivity contribution in [1.29, 1.82) is 0 Å². The molecule has 0 aliphatic carbocycles. The van der Waals surface area contributed by atoms with Crippen molar-refractivity contribution in [3.8, 4) is 0 Å². The van der Waals surface area contributed by atoms with Gasteiger partial charge in [0.2, 0.25) is 0 Å². The standard InChI is InChI=1S/C18H38N4S2/c1-3-5-6-7-8-9-10-11-12-13-14-20-22-16-18-24-23-17-15-21-19-4-2/h3-18H2,1-2H3/b21-19+,22-20+. The van der Waals surface area contributed by atoms with Gasteiger partial charge in [0, 0.05) is 11.5 Å². The van der Waals surface area contributed by atoms with Gasteiger partial charge in [-0.3, -0.25) is 0 Å². The van der Waals surface area contributed by atoms with Crippen LogP contribution >= 0.6 is 21.6 Å². The Kier molecular flexibility index (Phi) is 22.8. The highest BCUT2D eigenvalue weighted by molar-refractivity contribution is 8.76. The third kappa shape index (κ3) is 21.9. The van der Waals surface area contributed by atoms with Gasteiger partial charge in [-0.1, -0.05) is 86.3 Å². The van der Waals surface area contributed by atoms with Crippen LogP contribution in [0.1, 0.15) is 78.1 Å². The Morgan fingerprint density at radius 3 is 1.50 bits per heavy atom. The van der Waals surface area contributed by atoms with Crippen LogP contribution in [-0.2, 0) is 0 Å². The third-order valence-corrected chi connectivity index (χ3v) is 5.95. The number of azo groups is 2. The Hall–Kier alpha value is -0.100. The molecular formula is C18H38N4S2. The lowest BCUT2D eigenvalue weighted by Crippen LogP contribution is -1.87. The van der Waals surface area contributed by atoms with Gasteiger partial charge in [0.25, 0.3) is 0 Å². The first-order valence-electron chi connectivity index (χ1n) is 9.82. The minimum Gasteiger partial charge on any atom is -0.194 e. The summed E-state index contributed by atoms with van der Waals surface area (Å²) >= 11 is 0. The monoisotopic (exact) mass is 374 g/mol. The molecule has 0 atom stereocenters. The van der Waals surface area contributed by atoms with Crippen LogP contribution in [0.4, 0.5) is 0 Å². The van der Waals surface area contributed by atoms with Crippen LogP contribution in [0.2, 0.25) is 0 Å². The van der Waals surface area contributed by atoms with Crippen molar-refractivity contribution in [2.24, 2.45) is 20.5 Å². The molecule has 0 N–H and O–H groups in total. The smallest absolute Gasteiger partial charge is 0.0697 e. The van der Waals surface area contributed by atoms with E-state index < -0.39 is 0 Å². The predicted octanol–water partition coefficient (Wildman–Crippen LogP) is 7.21. The molecule has 0 unspecified atom stereocenters. The van der Waals surface area contributed by atoms with E-state index in [-0.39, 0.29) is 0 Å². The molecule has 6 heteroatoms. The summed E-state index contributed by atoms with van der Waals surface area (Å²) in [6.45, 7) is 7.64. The fourth-order valence-electron chi connectivity index (χ4n) is 2.26. The summed E-state index contributed by atoms with van der Waals surface area (Å²) in [5.41, 5.74) is 0. The Bertz CT molecular complexity index is 286. The molecule has 0 saturated heterocycles. The summed E-state index contributed by atoms with van der Waals surface area (Å²) in [7, 11) is 3.71. The Balaban J connectivity index is 3.07. The van der Waals surface area contributed by atoms with Gasteiger partial charge in [-0.2, -0.15) is 20.5 Å². The van der Waals surface area contributed by atoms with Gasteiger partial charge in [0.1, 0.15) is 0 Å². The highest BCUT2D eigenvalue weighted by atomic mass is 33.1. The first-order chi connectivity index (χ1) is 11.9. The van der Waals surface area contributed by atoms with Crippen LogP contribution < -0.4 is 0 Å². The molecule has 0 bridgehead atoms. The molecule has 0 rings (SSSR count). The van der Waals surface area contributed by atoms with E-state index in [9.17, 15) is 0 Å². The fraction of sp³-hybridized carbons (Fsp3) is 1.00. The molecule has 0 amide bonds. The van der Waals surface area contributed by atoms with Gasteiger partial charge in [-0.15, -0.1) is 0 Å². The van der Waals surface area contributed by atoms with E-state index >= 15 is 0 Å². The molecule has 0 radical (unpaired) electrons.